The molecule has 3 aliphatic carbocycles. The van der Waals surface area contributed by atoms with Crippen LogP contribution < -0.4 is 21.9 Å². The molecule has 8 rings (SSSR count). The van der Waals surface area contributed by atoms with Crippen LogP contribution in [0.3, 0.4) is 0 Å². The van der Waals surface area contributed by atoms with Crippen LogP contribution in [-0.4, -0.2) is 35.1 Å². The molecular formula is C47H34BF20OP. The highest BCUT2D eigenvalue weighted by atomic mass is 31.2. The SMILES string of the molecule is Fc1c(F)c(F)c([B-](c2c(F)c(F)c(F)c(F)c2F)(c2c(F)c(F)c(F)c(F)c2F)c2c(F)c(F)c(F)c(F)c2F)c(F)c1F.O=C(C[P+](C1CCCC1)(C1CCCC1)C1CCCC1)c1ccccc1. The summed E-state index contributed by atoms with van der Waals surface area (Å²) in [7, 11) is -1.21. The first-order valence-corrected chi connectivity index (χ1v) is 23.9. The van der Waals surface area contributed by atoms with Gasteiger partial charge in [-0.3, -0.25) is 4.79 Å². The van der Waals surface area contributed by atoms with E-state index in [1.54, 1.807) is 0 Å². The van der Waals surface area contributed by atoms with E-state index in [9.17, 15) is 57.5 Å². The molecule has 3 saturated carbocycles. The lowest BCUT2D eigenvalue weighted by Crippen LogP contribution is -2.81. The monoisotopic (exact) mass is 1040 g/mol. The minimum absolute atomic E-state index is 0.472. The lowest BCUT2D eigenvalue weighted by molar-refractivity contribution is 0.102. The molecule has 0 aromatic heterocycles. The van der Waals surface area contributed by atoms with Gasteiger partial charge >= 0.3 is 0 Å². The third-order valence-corrected chi connectivity index (χ3v) is 20.7. The quantitative estimate of drug-likeness (QED) is 0.0340. The summed E-state index contributed by atoms with van der Waals surface area (Å²) in [6.45, 7) is 0. The zero-order valence-corrected chi connectivity index (χ0v) is 36.7. The largest absolute Gasteiger partial charge is 0.290 e. The van der Waals surface area contributed by atoms with Gasteiger partial charge in [0.1, 0.15) is 58.8 Å². The predicted molar refractivity (Wildman–Crippen MR) is 219 cm³/mol. The second-order valence-electron chi connectivity index (χ2n) is 17.6. The molecule has 70 heavy (non-hydrogen) atoms. The number of rotatable bonds is 10. The summed E-state index contributed by atoms with van der Waals surface area (Å²) < 4.78 is 294. The van der Waals surface area contributed by atoms with Crippen LogP contribution in [0.5, 0.6) is 0 Å². The molecule has 0 aliphatic heterocycles. The van der Waals surface area contributed by atoms with Gasteiger partial charge in [-0.1, -0.05) is 30.3 Å². The lowest BCUT2D eigenvalue weighted by atomic mass is 9.12. The van der Waals surface area contributed by atoms with E-state index in [0.717, 1.165) is 28.7 Å². The molecule has 0 saturated heterocycles. The summed E-state index contributed by atoms with van der Waals surface area (Å²) in [6, 6.07) is 10.2. The van der Waals surface area contributed by atoms with Crippen LogP contribution in [0.1, 0.15) is 87.4 Å². The molecule has 0 spiro atoms. The Balaban J connectivity index is 0.000000242. The lowest BCUT2D eigenvalue weighted by Gasteiger charge is -2.44. The maximum atomic E-state index is 15.4. The molecule has 5 aromatic carbocycles. The molecule has 0 radical (unpaired) electrons. The Hall–Kier alpha value is -5.14. The van der Waals surface area contributed by atoms with E-state index in [2.05, 4.69) is 12.1 Å². The third kappa shape index (κ3) is 8.24. The number of Topliss-reactive ketones (excluding diaryl/α,β-unsaturated/α-hetero) is 1. The number of benzene rings is 5. The van der Waals surface area contributed by atoms with Crippen molar-refractivity contribution in [2.45, 2.75) is 94.0 Å². The Labute approximate surface area is 385 Å². The Morgan fingerprint density at radius 3 is 0.757 bits per heavy atom. The van der Waals surface area contributed by atoms with E-state index in [4.69, 9.17) is 0 Å². The summed E-state index contributed by atoms with van der Waals surface area (Å²) in [6.07, 6.45) is 10.9. The Morgan fingerprint density at radius 1 is 0.343 bits per heavy atom. The van der Waals surface area contributed by atoms with Gasteiger partial charge in [-0.2, -0.15) is 0 Å². The number of carbonyl (C=O) groups is 1. The second-order valence-corrected chi connectivity index (χ2v) is 22.1. The molecule has 0 N–H and O–H groups in total. The number of hydrogen-bond donors (Lipinski definition) is 0. The van der Waals surface area contributed by atoms with Crippen LogP contribution in [0.15, 0.2) is 30.3 Å². The van der Waals surface area contributed by atoms with Crippen molar-refractivity contribution in [1.82, 2.24) is 0 Å². The zero-order chi connectivity index (χ0) is 51.5. The molecule has 3 aliphatic rings. The Morgan fingerprint density at radius 2 is 0.543 bits per heavy atom. The molecule has 0 atom stereocenters. The maximum absolute atomic E-state index is 15.4. The van der Waals surface area contributed by atoms with Gasteiger partial charge in [-0.15, -0.1) is 21.9 Å². The maximum Gasteiger partial charge on any atom is 0.200 e. The molecule has 0 bridgehead atoms. The minimum Gasteiger partial charge on any atom is -0.290 e. The predicted octanol–water partition coefficient (Wildman–Crippen LogP) is 12.6. The minimum atomic E-state index is -7.22. The topological polar surface area (TPSA) is 17.1 Å². The van der Waals surface area contributed by atoms with Gasteiger partial charge in [-0.25, -0.2) is 87.8 Å². The number of carbonyl (C=O) groups excluding carboxylic acids is 1. The van der Waals surface area contributed by atoms with Crippen molar-refractivity contribution in [1.29, 1.82) is 0 Å². The number of ketones is 1. The highest BCUT2D eigenvalue weighted by Gasteiger charge is 2.59. The van der Waals surface area contributed by atoms with Gasteiger partial charge in [0, 0.05) is 12.8 Å². The van der Waals surface area contributed by atoms with Gasteiger partial charge < -0.3 is 0 Å². The van der Waals surface area contributed by atoms with Gasteiger partial charge in [-0.05, 0) is 77.0 Å². The average molecular weight is 1040 g/mol. The zero-order valence-electron chi connectivity index (χ0n) is 35.8. The smallest absolute Gasteiger partial charge is 0.200 e. The average Bonchev–Trinajstić information content (AvgIpc) is 4.20. The fourth-order valence-corrected chi connectivity index (χ4v) is 18.5. The Kier molecular flexibility index (Phi) is 15.2. The van der Waals surface area contributed by atoms with E-state index >= 15 is 35.1 Å². The van der Waals surface area contributed by atoms with Gasteiger partial charge in [0.15, 0.2) is 75.6 Å². The van der Waals surface area contributed by atoms with Crippen molar-refractivity contribution in [2.75, 3.05) is 6.16 Å². The van der Waals surface area contributed by atoms with Crippen LogP contribution >= 0.6 is 7.26 Å². The highest BCUT2D eigenvalue weighted by Crippen LogP contribution is 2.78. The summed E-state index contributed by atoms with van der Waals surface area (Å²) in [5.74, 6) is -70.9. The molecule has 0 heterocycles. The number of halogens is 20. The fraction of sp³-hybridized carbons (Fsp3) is 0.340. The summed E-state index contributed by atoms with van der Waals surface area (Å²) in [4.78, 5) is 13.4. The number of hydrogen-bond acceptors (Lipinski definition) is 1. The van der Waals surface area contributed by atoms with E-state index in [0.29, 0.717) is 5.78 Å². The molecule has 23 heteroatoms. The molecule has 0 unspecified atom stereocenters. The molecule has 376 valence electrons. The fourth-order valence-electron chi connectivity index (χ4n) is 11.3. The van der Waals surface area contributed by atoms with Crippen molar-refractivity contribution in [3.05, 3.63) is 152 Å². The molecule has 1 nitrogen and oxygen atoms in total. The molecule has 5 aromatic rings. The van der Waals surface area contributed by atoms with Crippen LogP contribution in [0.4, 0.5) is 87.8 Å². The second kappa shape index (κ2) is 20.2. The van der Waals surface area contributed by atoms with Crippen LogP contribution in [0, 0.1) is 116 Å². The molecular weight excluding hydrogens is 1000 g/mol. The van der Waals surface area contributed by atoms with Crippen LogP contribution in [-0.2, 0) is 0 Å². The summed E-state index contributed by atoms with van der Waals surface area (Å²) in [5, 5.41) is 0. The van der Waals surface area contributed by atoms with E-state index in [-0.39, 0.29) is 0 Å². The van der Waals surface area contributed by atoms with E-state index in [1.807, 2.05) is 18.2 Å². The van der Waals surface area contributed by atoms with Gasteiger partial charge in [0.05, 0.1) is 17.0 Å². The van der Waals surface area contributed by atoms with Gasteiger partial charge in [0.25, 0.3) is 0 Å². The normalized spacial score (nSPS) is 16.1. The summed E-state index contributed by atoms with van der Waals surface area (Å²) in [5.41, 5.74) is -10.6. The van der Waals surface area contributed by atoms with Crippen molar-refractivity contribution < 1.29 is 92.6 Å². The third-order valence-electron chi connectivity index (χ3n) is 14.2. The summed E-state index contributed by atoms with van der Waals surface area (Å²) >= 11 is 0. The highest BCUT2D eigenvalue weighted by molar-refractivity contribution is 7.78. The van der Waals surface area contributed by atoms with Crippen molar-refractivity contribution in [2.24, 2.45) is 0 Å². The van der Waals surface area contributed by atoms with Crippen LogP contribution in [0.2, 0.25) is 0 Å². The van der Waals surface area contributed by atoms with Crippen molar-refractivity contribution in [3.8, 4) is 0 Å². The molecule has 0 amide bonds. The first kappa shape index (κ1) is 52.7. The van der Waals surface area contributed by atoms with Gasteiger partial charge in [0.2, 0.25) is 0 Å². The van der Waals surface area contributed by atoms with Crippen molar-refractivity contribution >= 4 is 41.0 Å². The van der Waals surface area contributed by atoms with E-state index < -0.39 is 152 Å². The first-order chi connectivity index (χ1) is 33.0. The molecule has 3 fully saturated rings. The Bertz CT molecular complexity index is 2440. The first-order valence-electron chi connectivity index (χ1n) is 21.7. The standard InChI is InChI=1S/C24BF20.C23H34OP/c26-5-1(6(27)14(35)21(42)13(5)34)25(2-7(28)15(36)22(43)16(37)8(2)29,3-9(30)17(38)23(44)18(39)10(3)31)4-11(32)19(40)24(45)20(41)12(4)33;24-23(19-10-2-1-3-11-19)18-25(20-12-4-5-13-20,21-14-6-7-15-21)22-16-8-9-17-22/h;1-3,10-11,20-22H,4-9,12-18H2/q-1;+1. The van der Waals surface area contributed by atoms with Crippen molar-refractivity contribution in [3.63, 3.8) is 0 Å². The van der Waals surface area contributed by atoms with E-state index in [1.165, 1.54) is 77.0 Å². The van der Waals surface area contributed by atoms with Crippen LogP contribution in [0.25, 0.3) is 0 Å².